The van der Waals surface area contributed by atoms with Crippen LogP contribution in [0.25, 0.3) is 10.8 Å². The minimum atomic E-state index is -0.586. The molecular formula is C30H43NO4. The normalized spacial score (nSPS) is 18.8. The first-order valence-corrected chi connectivity index (χ1v) is 12.8. The van der Waals surface area contributed by atoms with Crippen LogP contribution in [0.2, 0.25) is 0 Å². The second kappa shape index (κ2) is 10.9. The summed E-state index contributed by atoms with van der Waals surface area (Å²) in [4.78, 5) is 14.3. The van der Waals surface area contributed by atoms with Crippen LogP contribution in [0.4, 0.5) is 4.79 Å². The van der Waals surface area contributed by atoms with E-state index < -0.39 is 11.7 Å². The Morgan fingerprint density at radius 2 is 1.63 bits per heavy atom. The number of fused-ring (bicyclic) bond motifs is 1. The van der Waals surface area contributed by atoms with Crippen LogP contribution in [-0.2, 0) is 11.3 Å². The number of amides is 1. The van der Waals surface area contributed by atoms with E-state index in [1.165, 1.54) is 12.8 Å². The molecular weight excluding hydrogens is 438 g/mol. The number of hydrogen-bond acceptors (Lipinski definition) is 4. The van der Waals surface area contributed by atoms with Gasteiger partial charge in [-0.3, -0.25) is 0 Å². The number of benzene rings is 2. The Balaban J connectivity index is 1.67. The van der Waals surface area contributed by atoms with Gasteiger partial charge in [0.05, 0.1) is 11.9 Å². The lowest BCUT2D eigenvalue weighted by atomic mass is 9.72. The fourth-order valence-corrected chi connectivity index (χ4v) is 4.73. The lowest BCUT2D eigenvalue weighted by molar-refractivity contribution is 0.0232. The molecule has 1 N–H and O–H groups in total. The zero-order valence-electron chi connectivity index (χ0n) is 22.4. The molecule has 0 radical (unpaired) electrons. The highest BCUT2D eigenvalue weighted by Gasteiger charge is 2.30. The summed E-state index contributed by atoms with van der Waals surface area (Å²) in [5, 5.41) is 11.7. The van der Waals surface area contributed by atoms with Crippen LogP contribution in [-0.4, -0.2) is 34.3 Å². The average molecular weight is 482 g/mol. The number of carbonyl (C=O) groups is 1. The van der Waals surface area contributed by atoms with Crippen LogP contribution in [0, 0.1) is 11.3 Å². The van der Waals surface area contributed by atoms with Crippen molar-refractivity contribution in [2.75, 3.05) is 6.54 Å². The van der Waals surface area contributed by atoms with Gasteiger partial charge < -0.3 is 19.5 Å². The summed E-state index contributed by atoms with van der Waals surface area (Å²) in [5.74, 6) is 1.74. The summed E-state index contributed by atoms with van der Waals surface area (Å²) in [6.07, 6.45) is 4.87. The Morgan fingerprint density at radius 1 is 1.00 bits per heavy atom. The summed E-state index contributed by atoms with van der Waals surface area (Å²) < 4.78 is 11.9. The Bertz CT molecular complexity index is 1020. The molecule has 1 saturated carbocycles. The third-order valence-corrected chi connectivity index (χ3v) is 6.77. The maximum Gasteiger partial charge on any atom is 0.410 e. The molecule has 1 aliphatic carbocycles. The maximum atomic E-state index is 12.7. The number of rotatable bonds is 7. The van der Waals surface area contributed by atoms with Gasteiger partial charge in [-0.25, -0.2) is 4.79 Å². The largest absolute Gasteiger partial charge is 0.513 e. The van der Waals surface area contributed by atoms with Gasteiger partial charge in [-0.2, -0.15) is 0 Å². The Kier molecular flexibility index (Phi) is 8.40. The monoisotopic (exact) mass is 481 g/mol. The summed E-state index contributed by atoms with van der Waals surface area (Å²) in [7, 11) is 0. The van der Waals surface area contributed by atoms with Crippen LogP contribution >= 0.6 is 0 Å². The number of nitrogens with zero attached hydrogens (tertiary/aromatic N) is 1. The molecule has 2 aromatic rings. The fourth-order valence-electron chi connectivity index (χ4n) is 4.73. The van der Waals surface area contributed by atoms with E-state index in [-0.39, 0.29) is 11.9 Å². The molecule has 0 aliphatic heterocycles. The van der Waals surface area contributed by atoms with E-state index in [9.17, 15) is 9.90 Å². The van der Waals surface area contributed by atoms with E-state index in [0.29, 0.717) is 24.9 Å². The number of hydrogen-bond donors (Lipinski definition) is 1. The average Bonchev–Trinajstić information content (AvgIpc) is 2.75. The highest BCUT2D eigenvalue weighted by Crippen LogP contribution is 2.39. The minimum Gasteiger partial charge on any atom is -0.513 e. The van der Waals surface area contributed by atoms with Gasteiger partial charge in [0.15, 0.2) is 0 Å². The smallest absolute Gasteiger partial charge is 0.410 e. The van der Waals surface area contributed by atoms with Crippen molar-refractivity contribution in [3.63, 3.8) is 0 Å². The minimum absolute atomic E-state index is 0.0523. The first kappa shape index (κ1) is 26.9. The van der Waals surface area contributed by atoms with Gasteiger partial charge in [0.1, 0.15) is 11.4 Å². The second-order valence-corrected chi connectivity index (χ2v) is 12.0. The highest BCUT2D eigenvalue weighted by molar-refractivity contribution is 5.84. The molecule has 0 bridgehead atoms. The second-order valence-electron chi connectivity index (χ2n) is 12.0. The Hall–Kier alpha value is -2.69. The molecule has 35 heavy (non-hydrogen) atoms. The zero-order chi connectivity index (χ0) is 25.8. The summed E-state index contributed by atoms with van der Waals surface area (Å²) in [6.45, 7) is 16.8. The lowest BCUT2D eigenvalue weighted by Crippen LogP contribution is -2.37. The van der Waals surface area contributed by atoms with Crippen molar-refractivity contribution < 1.29 is 19.4 Å². The summed E-state index contributed by atoms with van der Waals surface area (Å²) in [6, 6.07) is 12.4. The molecule has 0 saturated heterocycles. The molecule has 0 spiro atoms. The molecule has 2 aromatic carbocycles. The lowest BCUT2D eigenvalue weighted by Gasteiger charge is -2.37. The predicted molar refractivity (Wildman–Crippen MR) is 143 cm³/mol. The van der Waals surface area contributed by atoms with Crippen molar-refractivity contribution in [3.8, 4) is 5.75 Å². The first-order valence-electron chi connectivity index (χ1n) is 12.8. The van der Waals surface area contributed by atoms with Crippen molar-refractivity contribution in [3.05, 3.63) is 54.3 Å². The highest BCUT2D eigenvalue weighted by atomic mass is 16.6. The van der Waals surface area contributed by atoms with Gasteiger partial charge in [-0.05, 0) is 92.3 Å². The van der Waals surface area contributed by atoms with Crippen LogP contribution in [0.15, 0.2) is 48.7 Å². The van der Waals surface area contributed by atoms with Crippen LogP contribution in [0.1, 0.15) is 79.2 Å². The molecule has 1 amide bonds. The quantitative estimate of drug-likeness (QED) is 0.407. The van der Waals surface area contributed by atoms with Gasteiger partial charge >= 0.3 is 6.09 Å². The van der Waals surface area contributed by atoms with E-state index >= 15 is 0 Å². The predicted octanol–water partition coefficient (Wildman–Crippen LogP) is 8.02. The van der Waals surface area contributed by atoms with E-state index in [4.69, 9.17) is 9.47 Å². The molecule has 0 atom stereocenters. The Morgan fingerprint density at radius 3 is 2.23 bits per heavy atom. The van der Waals surface area contributed by atoms with E-state index in [2.05, 4.69) is 51.6 Å². The third-order valence-electron chi connectivity index (χ3n) is 6.77. The molecule has 5 nitrogen and oxygen atoms in total. The molecule has 0 unspecified atom stereocenters. The molecule has 5 heteroatoms. The molecule has 3 rings (SSSR count). The summed E-state index contributed by atoms with van der Waals surface area (Å²) in [5.41, 5.74) is 0.787. The Labute approximate surface area is 211 Å². The van der Waals surface area contributed by atoms with Gasteiger partial charge in [0, 0.05) is 19.5 Å². The van der Waals surface area contributed by atoms with Gasteiger partial charge in [0.25, 0.3) is 0 Å². The van der Waals surface area contributed by atoms with Crippen molar-refractivity contribution in [1.29, 1.82) is 0 Å². The van der Waals surface area contributed by atoms with Crippen LogP contribution < -0.4 is 4.74 Å². The van der Waals surface area contributed by atoms with Gasteiger partial charge in [-0.15, -0.1) is 0 Å². The van der Waals surface area contributed by atoms with Crippen molar-refractivity contribution in [2.45, 2.75) is 91.9 Å². The summed E-state index contributed by atoms with van der Waals surface area (Å²) >= 11 is 0. The molecule has 1 fully saturated rings. The van der Waals surface area contributed by atoms with Gasteiger partial charge in [0.2, 0.25) is 0 Å². The topological polar surface area (TPSA) is 59.0 Å². The van der Waals surface area contributed by atoms with Crippen LogP contribution in [0.3, 0.4) is 0 Å². The third kappa shape index (κ3) is 8.19. The van der Waals surface area contributed by atoms with E-state index in [1.807, 2.05) is 32.9 Å². The maximum absolute atomic E-state index is 12.7. The molecule has 0 aromatic heterocycles. The van der Waals surface area contributed by atoms with Crippen molar-refractivity contribution in [1.82, 2.24) is 4.90 Å². The first-order chi connectivity index (χ1) is 16.3. The standard InChI is InChI=1S/C30H43NO4/c1-21(32)16-17-31(28(33)35-30(5,6)7)20-22-8-9-24-19-27(13-10-23(24)18-22)34-26-14-11-25(12-15-26)29(2,3)4/h8-10,13,18-19,25-26,32H,1,11-12,14-17,20H2,2-7H3. The number of carbonyl (C=O) groups excluding carboxylic acids is 1. The number of aliphatic hydroxyl groups is 1. The zero-order valence-corrected chi connectivity index (χ0v) is 22.4. The van der Waals surface area contributed by atoms with Crippen molar-refractivity contribution in [2.24, 2.45) is 11.3 Å². The fraction of sp³-hybridized carbons (Fsp3) is 0.567. The number of aliphatic hydroxyl groups excluding tert-OH is 1. The SMILES string of the molecule is C=C(O)CCN(Cc1ccc2cc(OC3CCC(C(C)(C)C)CC3)ccc2c1)C(=O)OC(C)(C)C. The molecule has 1 aliphatic rings. The molecule has 0 heterocycles. The van der Waals surface area contributed by atoms with Crippen molar-refractivity contribution >= 4 is 16.9 Å². The number of ether oxygens (including phenoxy) is 2. The van der Waals surface area contributed by atoms with Gasteiger partial charge in [-0.1, -0.05) is 45.5 Å². The van der Waals surface area contributed by atoms with E-state index in [0.717, 1.165) is 40.8 Å². The van der Waals surface area contributed by atoms with Crippen LogP contribution in [0.5, 0.6) is 5.75 Å². The van der Waals surface area contributed by atoms with E-state index in [1.54, 1.807) is 4.90 Å². The molecule has 192 valence electrons.